The van der Waals surface area contributed by atoms with Crippen molar-refractivity contribution in [1.82, 2.24) is 15.5 Å². The molecule has 3 rings (SSSR count). The van der Waals surface area contributed by atoms with E-state index in [-0.39, 0.29) is 12.1 Å². The van der Waals surface area contributed by atoms with Gasteiger partial charge in [0.2, 0.25) is 0 Å². The average Bonchev–Trinajstić information content (AvgIpc) is 3.15. The number of hydrogen-bond acceptors (Lipinski definition) is 4. The summed E-state index contributed by atoms with van der Waals surface area (Å²) in [6, 6.07) is 6.76. The molecule has 0 aromatic heterocycles. The SMILES string of the molecule is CC(C)NC(=O)C(=O)NC[C@H](c1ccc2c(c1)CCCN2C)N1CCCC1. The van der Waals surface area contributed by atoms with Gasteiger partial charge in [0.15, 0.2) is 0 Å². The van der Waals surface area contributed by atoms with Gasteiger partial charge in [0.05, 0.1) is 6.04 Å². The Morgan fingerprint density at radius 2 is 1.81 bits per heavy atom. The normalized spacial score (nSPS) is 18.3. The van der Waals surface area contributed by atoms with Gasteiger partial charge >= 0.3 is 11.8 Å². The second-order valence-electron chi connectivity index (χ2n) is 8.01. The third kappa shape index (κ3) is 4.80. The number of fused-ring (bicyclic) bond motifs is 1. The van der Waals surface area contributed by atoms with E-state index < -0.39 is 11.8 Å². The lowest BCUT2D eigenvalue weighted by atomic mass is 9.96. The van der Waals surface area contributed by atoms with Gasteiger partial charge in [0.25, 0.3) is 0 Å². The van der Waals surface area contributed by atoms with Crippen LogP contribution in [0.5, 0.6) is 0 Å². The number of nitrogens with zero attached hydrogens (tertiary/aromatic N) is 2. The summed E-state index contributed by atoms with van der Waals surface area (Å²) in [5, 5.41) is 5.50. The number of carbonyl (C=O) groups is 2. The van der Waals surface area contributed by atoms with E-state index in [9.17, 15) is 9.59 Å². The van der Waals surface area contributed by atoms with Crippen molar-refractivity contribution >= 4 is 17.5 Å². The van der Waals surface area contributed by atoms with Gasteiger partial charge in [0, 0.05) is 31.9 Å². The fraction of sp³-hybridized carbons (Fsp3) is 0.619. The van der Waals surface area contributed by atoms with E-state index in [1.807, 2.05) is 13.8 Å². The van der Waals surface area contributed by atoms with Crippen LogP contribution < -0.4 is 15.5 Å². The summed E-state index contributed by atoms with van der Waals surface area (Å²) in [5.41, 5.74) is 3.93. The molecule has 1 fully saturated rings. The molecule has 148 valence electrons. The lowest BCUT2D eigenvalue weighted by molar-refractivity contribution is -0.139. The summed E-state index contributed by atoms with van der Waals surface area (Å²) in [6.45, 7) is 7.33. The molecule has 6 heteroatoms. The van der Waals surface area contributed by atoms with Gasteiger partial charge in [-0.1, -0.05) is 12.1 Å². The first kappa shape index (κ1) is 19.7. The highest BCUT2D eigenvalue weighted by Gasteiger charge is 2.26. The minimum absolute atomic E-state index is 0.0461. The Morgan fingerprint density at radius 1 is 1.07 bits per heavy atom. The Bertz CT molecular complexity index is 683. The summed E-state index contributed by atoms with van der Waals surface area (Å²) in [7, 11) is 2.14. The fourth-order valence-corrected chi connectivity index (χ4v) is 4.12. The molecule has 6 nitrogen and oxygen atoms in total. The van der Waals surface area contributed by atoms with Crippen LogP contribution in [0.1, 0.15) is 50.3 Å². The van der Waals surface area contributed by atoms with Crippen molar-refractivity contribution in [2.24, 2.45) is 0 Å². The molecule has 1 saturated heterocycles. The van der Waals surface area contributed by atoms with E-state index in [1.165, 1.54) is 36.1 Å². The van der Waals surface area contributed by atoms with Crippen LogP contribution in [0, 0.1) is 0 Å². The largest absolute Gasteiger partial charge is 0.374 e. The molecular weight excluding hydrogens is 340 g/mol. The number of amides is 2. The van der Waals surface area contributed by atoms with Gasteiger partial charge in [-0.25, -0.2) is 0 Å². The highest BCUT2D eigenvalue weighted by Crippen LogP contribution is 2.31. The molecule has 0 radical (unpaired) electrons. The van der Waals surface area contributed by atoms with Gasteiger partial charge in [-0.15, -0.1) is 0 Å². The molecule has 2 amide bonds. The Labute approximate surface area is 162 Å². The molecule has 1 atom stereocenters. The van der Waals surface area contributed by atoms with E-state index >= 15 is 0 Å². The van der Waals surface area contributed by atoms with Crippen molar-refractivity contribution in [1.29, 1.82) is 0 Å². The van der Waals surface area contributed by atoms with E-state index in [4.69, 9.17) is 0 Å². The van der Waals surface area contributed by atoms with Crippen LogP contribution in [-0.4, -0.2) is 56.0 Å². The molecule has 2 N–H and O–H groups in total. The van der Waals surface area contributed by atoms with Crippen LogP contribution >= 0.6 is 0 Å². The zero-order chi connectivity index (χ0) is 19.4. The lowest BCUT2D eigenvalue weighted by Crippen LogP contribution is -2.45. The van der Waals surface area contributed by atoms with E-state index in [0.717, 1.165) is 26.1 Å². The van der Waals surface area contributed by atoms with E-state index in [0.29, 0.717) is 6.54 Å². The maximum absolute atomic E-state index is 12.2. The molecule has 0 saturated carbocycles. The van der Waals surface area contributed by atoms with Crippen molar-refractivity contribution in [3.05, 3.63) is 29.3 Å². The van der Waals surface area contributed by atoms with Crippen molar-refractivity contribution in [2.45, 2.75) is 51.6 Å². The second kappa shape index (κ2) is 8.74. The zero-order valence-electron chi connectivity index (χ0n) is 16.8. The fourth-order valence-electron chi connectivity index (χ4n) is 4.12. The monoisotopic (exact) mass is 372 g/mol. The second-order valence-corrected chi connectivity index (χ2v) is 8.01. The van der Waals surface area contributed by atoms with E-state index in [2.05, 4.69) is 45.7 Å². The van der Waals surface area contributed by atoms with Crippen molar-refractivity contribution in [2.75, 3.05) is 38.1 Å². The molecule has 2 aliphatic heterocycles. The average molecular weight is 373 g/mol. The van der Waals surface area contributed by atoms with Gasteiger partial charge in [-0.3, -0.25) is 14.5 Å². The zero-order valence-corrected chi connectivity index (χ0v) is 16.8. The molecule has 27 heavy (non-hydrogen) atoms. The molecular formula is C21H32N4O2. The minimum Gasteiger partial charge on any atom is -0.374 e. The molecule has 2 aliphatic rings. The van der Waals surface area contributed by atoms with E-state index in [1.54, 1.807) is 0 Å². The third-order valence-electron chi connectivity index (χ3n) is 5.50. The highest BCUT2D eigenvalue weighted by atomic mass is 16.2. The van der Waals surface area contributed by atoms with Gasteiger partial charge < -0.3 is 15.5 Å². The molecule has 2 heterocycles. The molecule has 0 bridgehead atoms. The number of aryl methyl sites for hydroxylation is 1. The summed E-state index contributed by atoms with van der Waals surface area (Å²) in [6.07, 6.45) is 4.65. The quantitative estimate of drug-likeness (QED) is 0.774. The molecule has 0 aliphatic carbocycles. The van der Waals surface area contributed by atoms with Gasteiger partial charge in [0.1, 0.15) is 0 Å². The first-order chi connectivity index (χ1) is 13.0. The topological polar surface area (TPSA) is 64.7 Å². The maximum atomic E-state index is 12.2. The number of benzene rings is 1. The van der Waals surface area contributed by atoms with Crippen LogP contribution in [0.2, 0.25) is 0 Å². The number of hydrogen-bond donors (Lipinski definition) is 2. The van der Waals surface area contributed by atoms with Crippen LogP contribution in [0.4, 0.5) is 5.69 Å². The highest BCUT2D eigenvalue weighted by molar-refractivity contribution is 6.35. The van der Waals surface area contributed by atoms with Crippen LogP contribution in [-0.2, 0) is 16.0 Å². The minimum atomic E-state index is -0.558. The predicted molar refractivity (Wildman–Crippen MR) is 108 cm³/mol. The lowest BCUT2D eigenvalue weighted by Gasteiger charge is -2.31. The van der Waals surface area contributed by atoms with Crippen LogP contribution in [0.15, 0.2) is 18.2 Å². The Balaban J connectivity index is 1.74. The molecule has 1 aromatic rings. The summed E-state index contributed by atoms with van der Waals surface area (Å²) < 4.78 is 0. The third-order valence-corrected chi connectivity index (χ3v) is 5.50. The molecule has 0 unspecified atom stereocenters. The van der Waals surface area contributed by atoms with Crippen LogP contribution in [0.25, 0.3) is 0 Å². The summed E-state index contributed by atoms with van der Waals surface area (Å²) in [4.78, 5) is 28.8. The Hall–Kier alpha value is -2.08. The Morgan fingerprint density at radius 3 is 2.52 bits per heavy atom. The predicted octanol–water partition coefficient (Wildman–Crippen LogP) is 1.85. The van der Waals surface area contributed by atoms with Crippen LogP contribution in [0.3, 0.4) is 0 Å². The first-order valence-electron chi connectivity index (χ1n) is 10.1. The Kier molecular flexibility index (Phi) is 6.37. The molecule has 0 spiro atoms. The van der Waals surface area contributed by atoms with Crippen molar-refractivity contribution < 1.29 is 9.59 Å². The number of rotatable bonds is 5. The van der Waals surface area contributed by atoms with Gasteiger partial charge in [-0.05, 0) is 69.8 Å². The van der Waals surface area contributed by atoms with Gasteiger partial charge in [-0.2, -0.15) is 0 Å². The smallest absolute Gasteiger partial charge is 0.309 e. The number of carbonyl (C=O) groups excluding carboxylic acids is 2. The van der Waals surface area contributed by atoms with Crippen molar-refractivity contribution in [3.8, 4) is 0 Å². The number of anilines is 1. The number of nitrogens with one attached hydrogen (secondary N) is 2. The van der Waals surface area contributed by atoms with Crippen molar-refractivity contribution in [3.63, 3.8) is 0 Å². The summed E-state index contributed by atoms with van der Waals surface area (Å²) in [5.74, 6) is -1.11. The maximum Gasteiger partial charge on any atom is 0.309 e. The molecule has 1 aromatic carbocycles. The first-order valence-corrected chi connectivity index (χ1v) is 10.1. The number of likely N-dealkylation sites (tertiary alicyclic amines) is 1. The standard InChI is InChI=1S/C21H32N4O2/c1-15(2)23-21(27)20(26)22-14-19(25-11-4-5-12-25)17-8-9-18-16(13-17)7-6-10-24(18)3/h8-9,13,15,19H,4-7,10-12,14H2,1-3H3,(H,22,26)(H,23,27)/t19-/m1/s1. The summed E-state index contributed by atoms with van der Waals surface area (Å²) >= 11 is 0.